The first kappa shape index (κ1) is 11.4. The Bertz CT molecular complexity index is 356. The molecule has 0 radical (unpaired) electrons. The molecule has 1 amide bonds. The van der Waals surface area contributed by atoms with Crippen LogP contribution in [0.4, 0.5) is 0 Å². The van der Waals surface area contributed by atoms with Gasteiger partial charge in [0, 0.05) is 12.3 Å². The second-order valence-electron chi connectivity index (χ2n) is 2.92. The second-order valence-corrected chi connectivity index (χ2v) is 2.92. The van der Waals surface area contributed by atoms with Crippen LogP contribution in [0, 0.1) is 0 Å². The third-order valence-electron chi connectivity index (χ3n) is 1.90. The molecular weight excluding hydrogens is 200 g/mol. The molecule has 4 N–H and O–H groups in total. The first-order chi connectivity index (χ1) is 7.06. The SMILES string of the molecule is COc1cc(C(O)C(O)C(N)=O)ccn1. The lowest BCUT2D eigenvalue weighted by Crippen LogP contribution is -2.33. The number of rotatable bonds is 4. The highest BCUT2D eigenvalue weighted by atomic mass is 16.5. The van der Waals surface area contributed by atoms with Gasteiger partial charge in [-0.1, -0.05) is 0 Å². The average Bonchev–Trinajstić information content (AvgIpc) is 2.27. The molecule has 0 saturated carbocycles. The Labute approximate surface area is 86.3 Å². The van der Waals surface area contributed by atoms with Gasteiger partial charge in [-0.05, 0) is 11.6 Å². The van der Waals surface area contributed by atoms with Crippen molar-refractivity contribution in [1.29, 1.82) is 0 Å². The molecule has 6 heteroatoms. The number of aliphatic hydroxyl groups is 2. The standard InChI is InChI=1S/C9H12N2O4/c1-15-6-4-5(2-3-11-6)7(12)8(13)9(10)14/h2-4,7-8,12-13H,1H3,(H2,10,14). The van der Waals surface area contributed by atoms with Gasteiger partial charge in [0.25, 0.3) is 0 Å². The maximum absolute atomic E-state index is 10.6. The van der Waals surface area contributed by atoms with Crippen molar-refractivity contribution in [2.45, 2.75) is 12.2 Å². The van der Waals surface area contributed by atoms with E-state index in [-0.39, 0.29) is 5.88 Å². The fraction of sp³-hybridized carbons (Fsp3) is 0.333. The number of hydrogen-bond acceptors (Lipinski definition) is 5. The van der Waals surface area contributed by atoms with E-state index in [1.54, 1.807) is 0 Å². The number of carbonyl (C=O) groups excluding carboxylic acids is 1. The summed E-state index contributed by atoms with van der Waals surface area (Å²) in [5.41, 5.74) is 5.16. The first-order valence-corrected chi connectivity index (χ1v) is 4.21. The summed E-state index contributed by atoms with van der Waals surface area (Å²) in [6, 6.07) is 2.87. The Hall–Kier alpha value is -1.66. The summed E-state index contributed by atoms with van der Waals surface area (Å²) < 4.78 is 4.83. The van der Waals surface area contributed by atoms with E-state index in [2.05, 4.69) is 4.98 Å². The summed E-state index contributed by atoms with van der Waals surface area (Å²) in [5.74, 6) is -0.707. The number of pyridine rings is 1. The molecule has 2 unspecified atom stereocenters. The highest BCUT2D eigenvalue weighted by Gasteiger charge is 2.23. The molecule has 6 nitrogen and oxygen atoms in total. The number of carbonyl (C=O) groups is 1. The quantitative estimate of drug-likeness (QED) is 0.591. The van der Waals surface area contributed by atoms with Gasteiger partial charge in [0.15, 0.2) is 6.10 Å². The Morgan fingerprint density at radius 2 is 2.27 bits per heavy atom. The zero-order valence-corrected chi connectivity index (χ0v) is 8.12. The van der Waals surface area contributed by atoms with Gasteiger partial charge in [0.05, 0.1) is 7.11 Å². The number of aliphatic hydroxyl groups excluding tert-OH is 2. The van der Waals surface area contributed by atoms with Gasteiger partial charge in [-0.3, -0.25) is 4.79 Å². The van der Waals surface area contributed by atoms with E-state index in [1.807, 2.05) is 0 Å². The molecular formula is C9H12N2O4. The van der Waals surface area contributed by atoms with Gasteiger partial charge in [-0.25, -0.2) is 4.98 Å². The van der Waals surface area contributed by atoms with Gasteiger partial charge >= 0.3 is 0 Å². The molecule has 0 saturated heterocycles. The van der Waals surface area contributed by atoms with Crippen molar-refractivity contribution >= 4 is 5.91 Å². The van der Waals surface area contributed by atoms with Gasteiger partial charge in [0.2, 0.25) is 11.8 Å². The summed E-state index contributed by atoms with van der Waals surface area (Å²) in [6.45, 7) is 0. The fourth-order valence-corrected chi connectivity index (χ4v) is 1.06. The van der Waals surface area contributed by atoms with Crippen LogP contribution in [0.25, 0.3) is 0 Å². The Balaban J connectivity index is 2.90. The summed E-state index contributed by atoms with van der Waals surface area (Å²) in [7, 11) is 1.42. The predicted octanol–water partition coefficient (Wildman–Crippen LogP) is -1.03. The number of amides is 1. The lowest BCUT2D eigenvalue weighted by atomic mass is 10.1. The van der Waals surface area contributed by atoms with Crippen LogP contribution in [0.3, 0.4) is 0 Å². The number of ether oxygens (including phenoxy) is 1. The number of primary amides is 1. The molecule has 0 aromatic carbocycles. The molecule has 1 rings (SSSR count). The molecule has 0 spiro atoms. The van der Waals surface area contributed by atoms with Crippen molar-refractivity contribution in [3.63, 3.8) is 0 Å². The van der Waals surface area contributed by atoms with E-state index in [1.165, 1.54) is 25.4 Å². The summed E-state index contributed by atoms with van der Waals surface area (Å²) in [4.78, 5) is 14.4. The lowest BCUT2D eigenvalue weighted by Gasteiger charge is -2.15. The van der Waals surface area contributed by atoms with Crippen LogP contribution in [-0.4, -0.2) is 34.3 Å². The van der Waals surface area contributed by atoms with Crippen LogP contribution >= 0.6 is 0 Å². The minimum Gasteiger partial charge on any atom is -0.481 e. The van der Waals surface area contributed by atoms with Crippen LogP contribution in [-0.2, 0) is 4.79 Å². The monoisotopic (exact) mass is 212 g/mol. The molecule has 1 heterocycles. The summed E-state index contributed by atoms with van der Waals surface area (Å²) >= 11 is 0. The largest absolute Gasteiger partial charge is 0.481 e. The average molecular weight is 212 g/mol. The van der Waals surface area contributed by atoms with Gasteiger partial charge < -0.3 is 20.7 Å². The molecule has 82 valence electrons. The molecule has 15 heavy (non-hydrogen) atoms. The summed E-state index contributed by atoms with van der Waals surface area (Å²) in [5, 5.41) is 18.8. The highest BCUT2D eigenvalue weighted by Crippen LogP contribution is 2.19. The molecule has 0 bridgehead atoms. The van der Waals surface area contributed by atoms with Crippen LogP contribution in [0.15, 0.2) is 18.3 Å². The third-order valence-corrected chi connectivity index (χ3v) is 1.90. The fourth-order valence-electron chi connectivity index (χ4n) is 1.06. The van der Waals surface area contributed by atoms with Gasteiger partial charge in [-0.2, -0.15) is 0 Å². The smallest absolute Gasteiger partial charge is 0.249 e. The van der Waals surface area contributed by atoms with E-state index < -0.39 is 18.1 Å². The first-order valence-electron chi connectivity index (χ1n) is 4.21. The molecule has 1 aromatic heterocycles. The zero-order valence-electron chi connectivity index (χ0n) is 8.12. The molecule has 2 atom stereocenters. The van der Waals surface area contributed by atoms with E-state index in [0.29, 0.717) is 5.56 Å². The molecule has 0 aliphatic carbocycles. The predicted molar refractivity (Wildman–Crippen MR) is 51.0 cm³/mol. The topological polar surface area (TPSA) is 106 Å². The Kier molecular flexibility index (Phi) is 3.59. The molecule has 0 fully saturated rings. The number of nitrogens with two attached hydrogens (primary N) is 1. The Morgan fingerprint density at radius 3 is 2.80 bits per heavy atom. The minimum absolute atomic E-state index is 0.281. The number of hydrogen-bond donors (Lipinski definition) is 3. The van der Waals surface area contributed by atoms with Gasteiger partial charge in [-0.15, -0.1) is 0 Å². The van der Waals surface area contributed by atoms with Crippen LogP contribution < -0.4 is 10.5 Å². The van der Waals surface area contributed by atoms with Crippen molar-refractivity contribution in [3.8, 4) is 5.88 Å². The van der Waals surface area contributed by atoms with Crippen LogP contribution in [0.2, 0.25) is 0 Å². The highest BCUT2D eigenvalue weighted by molar-refractivity contribution is 5.79. The Morgan fingerprint density at radius 1 is 1.60 bits per heavy atom. The number of aromatic nitrogens is 1. The van der Waals surface area contributed by atoms with Crippen molar-refractivity contribution in [2.75, 3.05) is 7.11 Å². The van der Waals surface area contributed by atoms with Crippen molar-refractivity contribution in [3.05, 3.63) is 23.9 Å². The molecule has 0 aliphatic rings. The maximum atomic E-state index is 10.6. The van der Waals surface area contributed by atoms with E-state index in [4.69, 9.17) is 10.5 Å². The van der Waals surface area contributed by atoms with Crippen LogP contribution in [0.1, 0.15) is 11.7 Å². The van der Waals surface area contributed by atoms with Crippen molar-refractivity contribution < 1.29 is 19.7 Å². The normalized spacial score (nSPS) is 14.3. The van der Waals surface area contributed by atoms with E-state index in [0.717, 1.165) is 0 Å². The minimum atomic E-state index is -1.64. The van der Waals surface area contributed by atoms with E-state index in [9.17, 15) is 15.0 Å². The maximum Gasteiger partial charge on any atom is 0.249 e. The van der Waals surface area contributed by atoms with E-state index >= 15 is 0 Å². The second kappa shape index (κ2) is 4.72. The number of methoxy groups -OCH3 is 1. The zero-order chi connectivity index (χ0) is 11.4. The number of nitrogens with zero attached hydrogens (tertiary/aromatic N) is 1. The summed E-state index contributed by atoms with van der Waals surface area (Å²) in [6.07, 6.45) is -1.62. The lowest BCUT2D eigenvalue weighted by molar-refractivity contribution is -0.131. The third kappa shape index (κ3) is 2.64. The molecule has 0 aliphatic heterocycles. The van der Waals surface area contributed by atoms with Crippen LogP contribution in [0.5, 0.6) is 5.88 Å². The molecule has 1 aromatic rings. The van der Waals surface area contributed by atoms with Crippen molar-refractivity contribution in [1.82, 2.24) is 4.98 Å². The van der Waals surface area contributed by atoms with Gasteiger partial charge in [0.1, 0.15) is 6.10 Å². The van der Waals surface area contributed by atoms with Crippen molar-refractivity contribution in [2.24, 2.45) is 5.73 Å².